The van der Waals surface area contributed by atoms with Crippen LogP contribution in [0.2, 0.25) is 0 Å². The van der Waals surface area contributed by atoms with Crippen molar-refractivity contribution >= 4 is 11.4 Å². The zero-order valence-electron chi connectivity index (χ0n) is 27.5. The fourth-order valence-corrected chi connectivity index (χ4v) is 6.56. The molecule has 1 unspecified atom stereocenters. The van der Waals surface area contributed by atoms with Gasteiger partial charge in [0.1, 0.15) is 46.2 Å². The summed E-state index contributed by atoms with van der Waals surface area (Å²) in [7, 11) is 0. The summed E-state index contributed by atoms with van der Waals surface area (Å²) in [6.07, 6.45) is 5.77. The zero-order valence-corrected chi connectivity index (χ0v) is 27.5. The molecule has 1 atom stereocenters. The number of hydrogen-bond acceptors (Lipinski definition) is 12. The minimum atomic E-state index is -1.65. The van der Waals surface area contributed by atoms with E-state index in [0.717, 1.165) is 0 Å². The van der Waals surface area contributed by atoms with Gasteiger partial charge in [0.2, 0.25) is 0 Å². The van der Waals surface area contributed by atoms with Crippen LogP contribution in [0, 0.1) is 0 Å². The molecular formula is C40H32N4O8. The molecule has 1 aliphatic carbocycles. The molecule has 0 aliphatic heterocycles. The Morgan fingerprint density at radius 1 is 0.442 bits per heavy atom. The minimum Gasteiger partial charge on any atom is -0.510 e. The van der Waals surface area contributed by atoms with Gasteiger partial charge in [-0.25, -0.2) is 0 Å². The molecule has 0 saturated carbocycles. The number of phenols is 6. The Balaban J connectivity index is 1.40. The summed E-state index contributed by atoms with van der Waals surface area (Å²) in [5.74, 6) is -6.65. The van der Waals surface area contributed by atoms with Crippen LogP contribution in [0.5, 0.6) is 34.5 Å². The maximum Gasteiger partial charge on any atom is 0.182 e. The number of nitrogens with zero attached hydrogens (tertiary/aromatic N) is 4. The van der Waals surface area contributed by atoms with Gasteiger partial charge in [0, 0.05) is 95.5 Å². The van der Waals surface area contributed by atoms with Crippen LogP contribution in [0.25, 0.3) is 5.57 Å². The maximum atomic E-state index is 14.2. The fraction of sp³-hybridized carbons (Fsp3) is 0.125. The first-order valence-electron chi connectivity index (χ1n) is 16.3. The van der Waals surface area contributed by atoms with Crippen LogP contribution in [0.1, 0.15) is 62.1 Å². The van der Waals surface area contributed by atoms with E-state index in [1.807, 2.05) is 0 Å². The number of allylic oxidation sites excluding steroid dienone is 2. The number of aliphatic hydroxyl groups is 1. The standard InChI is InChI=1S/C40H32N4O8/c45-33-25(17-21-9-1-5-13-41-21)35(47)29(36(48)26(33)18-22-10-2-6-14-42-22)31-39(51)32(40(31)52)30-37(49)27(19-23-11-3-7-15-43-23)34(46)28(38(30)50)20-24-12-4-8-16-44-24/h1-16,31,45-51H,17-20H2. The molecular weight excluding hydrogens is 664 g/mol. The molecule has 4 heterocycles. The molecule has 260 valence electrons. The summed E-state index contributed by atoms with van der Waals surface area (Å²) >= 11 is 0. The van der Waals surface area contributed by atoms with E-state index in [0.29, 0.717) is 22.8 Å². The Bertz CT molecular complexity index is 2200. The average Bonchev–Trinajstić information content (AvgIpc) is 3.17. The first kappa shape index (κ1) is 33.5. The Morgan fingerprint density at radius 2 is 0.769 bits per heavy atom. The highest BCUT2D eigenvalue weighted by molar-refractivity contribution is 6.33. The van der Waals surface area contributed by atoms with Gasteiger partial charge in [0.25, 0.3) is 0 Å². The van der Waals surface area contributed by atoms with Crippen LogP contribution in [-0.4, -0.2) is 61.5 Å². The highest BCUT2D eigenvalue weighted by Crippen LogP contribution is 2.57. The van der Waals surface area contributed by atoms with Gasteiger partial charge in [-0.2, -0.15) is 0 Å². The lowest BCUT2D eigenvalue weighted by atomic mass is 9.72. The third-order valence-electron chi connectivity index (χ3n) is 9.18. The summed E-state index contributed by atoms with van der Waals surface area (Å²) in [6.45, 7) is 0. The number of carbonyl (C=O) groups is 1. The normalized spacial score (nSPS) is 14.0. The number of phenolic OH excluding ortho intramolecular Hbond substituents is 6. The van der Waals surface area contributed by atoms with Crippen LogP contribution in [0.4, 0.5) is 0 Å². The van der Waals surface area contributed by atoms with E-state index in [9.17, 15) is 40.5 Å². The van der Waals surface area contributed by atoms with Crippen molar-refractivity contribution in [2.24, 2.45) is 0 Å². The predicted molar refractivity (Wildman–Crippen MR) is 188 cm³/mol. The third kappa shape index (κ3) is 5.96. The second-order valence-corrected chi connectivity index (χ2v) is 12.3. The summed E-state index contributed by atoms with van der Waals surface area (Å²) in [5.41, 5.74) is 0.369. The first-order chi connectivity index (χ1) is 25.2. The molecule has 0 fully saturated rings. The number of rotatable bonds is 10. The van der Waals surface area contributed by atoms with E-state index in [2.05, 4.69) is 19.9 Å². The van der Waals surface area contributed by atoms with Crippen LogP contribution >= 0.6 is 0 Å². The predicted octanol–water partition coefficient (Wildman–Crippen LogP) is 5.50. The number of Topliss-reactive ketones (excluding diaryl/α,β-unsaturated/α-hetero) is 1. The van der Waals surface area contributed by atoms with Gasteiger partial charge in [-0.05, 0) is 48.5 Å². The topological polar surface area (TPSA) is 210 Å². The van der Waals surface area contributed by atoms with Crippen molar-refractivity contribution in [2.75, 3.05) is 0 Å². The van der Waals surface area contributed by atoms with Crippen LogP contribution in [0.3, 0.4) is 0 Å². The van der Waals surface area contributed by atoms with Gasteiger partial charge >= 0.3 is 0 Å². The largest absolute Gasteiger partial charge is 0.510 e. The molecule has 7 N–H and O–H groups in total. The molecule has 0 spiro atoms. The SMILES string of the molecule is O=C1C(c2c(O)c(Cc3ccccn3)c(O)c(Cc3ccccn3)c2O)=C(O)C1c1c(O)c(Cc2ccccn2)c(O)c(Cc2ccccn2)c1O. The van der Waals surface area contributed by atoms with Crippen LogP contribution in [-0.2, 0) is 30.5 Å². The van der Waals surface area contributed by atoms with Crippen molar-refractivity contribution in [3.05, 3.63) is 159 Å². The quantitative estimate of drug-likeness (QED) is 0.0947. The Kier molecular flexibility index (Phi) is 8.87. The molecule has 0 saturated heterocycles. The number of pyridine rings is 4. The monoisotopic (exact) mass is 696 g/mol. The Labute approximate surface area is 297 Å². The zero-order chi connectivity index (χ0) is 36.5. The number of ketones is 1. The van der Waals surface area contributed by atoms with E-state index in [1.54, 1.807) is 72.8 Å². The lowest BCUT2D eigenvalue weighted by molar-refractivity contribution is -0.116. The number of aromatic hydroxyl groups is 6. The Hall–Kier alpha value is -6.95. The smallest absolute Gasteiger partial charge is 0.182 e. The average molecular weight is 697 g/mol. The highest BCUT2D eigenvalue weighted by atomic mass is 16.3. The van der Waals surface area contributed by atoms with Crippen molar-refractivity contribution in [2.45, 2.75) is 31.6 Å². The second-order valence-electron chi connectivity index (χ2n) is 12.3. The molecule has 12 heteroatoms. The summed E-state index contributed by atoms with van der Waals surface area (Å²) in [4.78, 5) is 31.3. The van der Waals surface area contributed by atoms with Gasteiger partial charge in [-0.3, -0.25) is 24.7 Å². The van der Waals surface area contributed by atoms with Gasteiger partial charge in [-0.1, -0.05) is 24.3 Å². The molecule has 4 aromatic heterocycles. The van der Waals surface area contributed by atoms with E-state index in [-0.39, 0.29) is 53.5 Å². The lowest BCUT2D eigenvalue weighted by Crippen LogP contribution is -2.29. The first-order valence-corrected chi connectivity index (χ1v) is 16.3. The third-order valence-corrected chi connectivity index (χ3v) is 9.18. The second kappa shape index (κ2) is 13.8. The molecule has 2 aromatic carbocycles. The van der Waals surface area contributed by atoms with Crippen molar-refractivity contribution in [3.63, 3.8) is 0 Å². The molecule has 0 bridgehead atoms. The minimum absolute atomic E-state index is 0.0443. The number of aliphatic hydroxyl groups excluding tert-OH is 1. The van der Waals surface area contributed by atoms with Crippen LogP contribution in [0.15, 0.2) is 103 Å². The van der Waals surface area contributed by atoms with E-state index in [4.69, 9.17) is 0 Å². The number of benzene rings is 2. The maximum absolute atomic E-state index is 14.2. The van der Waals surface area contributed by atoms with Crippen molar-refractivity contribution in [1.82, 2.24) is 19.9 Å². The van der Waals surface area contributed by atoms with Crippen LogP contribution < -0.4 is 0 Å². The fourth-order valence-electron chi connectivity index (χ4n) is 6.56. The molecule has 12 nitrogen and oxygen atoms in total. The summed E-state index contributed by atoms with van der Waals surface area (Å²) in [6, 6.07) is 20.4. The molecule has 6 aromatic rings. The van der Waals surface area contributed by atoms with Crippen molar-refractivity contribution < 1.29 is 40.5 Å². The molecule has 52 heavy (non-hydrogen) atoms. The van der Waals surface area contributed by atoms with Gasteiger partial charge in [-0.15, -0.1) is 0 Å². The summed E-state index contributed by atoms with van der Waals surface area (Å²) < 4.78 is 0. The molecule has 0 amide bonds. The molecule has 7 rings (SSSR count). The number of carbonyl (C=O) groups excluding carboxylic acids is 1. The number of aromatic nitrogens is 4. The van der Waals surface area contributed by atoms with E-state index >= 15 is 0 Å². The van der Waals surface area contributed by atoms with Crippen molar-refractivity contribution in [1.29, 1.82) is 0 Å². The van der Waals surface area contributed by atoms with Gasteiger partial charge in [0.15, 0.2) is 5.78 Å². The Morgan fingerprint density at radius 3 is 1.06 bits per heavy atom. The number of hydrogen-bond donors (Lipinski definition) is 7. The molecule has 0 radical (unpaired) electrons. The van der Waals surface area contributed by atoms with Gasteiger partial charge in [0.05, 0.1) is 16.7 Å². The van der Waals surface area contributed by atoms with Gasteiger partial charge < -0.3 is 35.7 Å². The highest BCUT2D eigenvalue weighted by Gasteiger charge is 2.48. The molecule has 1 aliphatic rings. The summed E-state index contributed by atoms with van der Waals surface area (Å²) in [5, 5.41) is 80.8. The van der Waals surface area contributed by atoms with Crippen molar-refractivity contribution in [3.8, 4) is 34.5 Å². The van der Waals surface area contributed by atoms with E-state index < -0.39 is 63.1 Å². The van der Waals surface area contributed by atoms with E-state index in [1.165, 1.54) is 24.8 Å². The lowest BCUT2D eigenvalue weighted by Gasteiger charge is -2.32.